The van der Waals surface area contributed by atoms with Crippen molar-refractivity contribution < 1.29 is 32.9 Å². The maximum absolute atomic E-state index is 9.83. The van der Waals surface area contributed by atoms with Gasteiger partial charge in [-0.1, -0.05) is 0 Å². The second-order valence-electron chi connectivity index (χ2n) is 0.429. The summed E-state index contributed by atoms with van der Waals surface area (Å²) in [6, 6.07) is 0. The van der Waals surface area contributed by atoms with Gasteiger partial charge in [-0.2, -0.15) is 0 Å². The Hall–Kier alpha value is -0.183. The maximum atomic E-state index is 9.83. The van der Waals surface area contributed by atoms with Crippen molar-refractivity contribution in [2.45, 2.75) is 0 Å². The maximum Gasteiger partial charge on any atom is 0.844 e. The molecule has 0 bridgehead atoms. The fourth-order valence-electron chi connectivity index (χ4n) is 0. The predicted molar refractivity (Wildman–Crippen MR) is 21.0 cm³/mol. The third-order valence-electron chi connectivity index (χ3n) is 0. The van der Waals surface area contributed by atoms with Gasteiger partial charge in [-0.05, 0) is 0 Å². The fourth-order valence-corrected chi connectivity index (χ4v) is 0. The van der Waals surface area contributed by atoms with E-state index in [0.29, 0.717) is 0 Å². The highest BCUT2D eigenvalue weighted by atomic mass is 28.5. The topological polar surface area (TPSA) is 94.5 Å². The van der Waals surface area contributed by atoms with Crippen LogP contribution in [0.3, 0.4) is 0 Å². The summed E-state index contributed by atoms with van der Waals surface area (Å²) >= 11 is 0. The molecule has 8 heteroatoms. The summed E-state index contributed by atoms with van der Waals surface area (Å²) in [7, 11) is -6.61. The molecule has 0 fully saturated rings. The van der Waals surface area contributed by atoms with E-state index >= 15 is 0 Å². The molecule has 56 valence electrons. The Morgan fingerprint density at radius 3 is 0.625 bits per heavy atom. The van der Waals surface area contributed by atoms with Crippen molar-refractivity contribution in [1.82, 2.24) is 0 Å². The number of halogens is 4. The summed E-state index contributed by atoms with van der Waals surface area (Å²) in [6.45, 7) is 0. The van der Waals surface area contributed by atoms with Gasteiger partial charge in [0.15, 0.2) is 0 Å². The van der Waals surface area contributed by atoms with Crippen LogP contribution in [0.4, 0.5) is 16.4 Å². The zero-order chi connectivity index (χ0) is 4.50. The van der Waals surface area contributed by atoms with Gasteiger partial charge in [0.1, 0.15) is 0 Å². The molecule has 3 nitrogen and oxygen atoms in total. The van der Waals surface area contributed by atoms with Crippen LogP contribution in [0.15, 0.2) is 0 Å². The first-order chi connectivity index (χ1) is 2.00. The molecule has 0 aromatic rings. The van der Waals surface area contributed by atoms with Crippen molar-refractivity contribution in [1.29, 1.82) is 0 Å². The van der Waals surface area contributed by atoms with E-state index in [1.54, 1.807) is 0 Å². The zero-order valence-electron chi connectivity index (χ0n) is 3.51. The predicted octanol–water partition coefficient (Wildman–Crippen LogP) is -1.17. The lowest BCUT2D eigenvalue weighted by molar-refractivity contribution is 0.368. The van der Waals surface area contributed by atoms with Crippen molar-refractivity contribution >= 4 is 9.41 Å². The van der Waals surface area contributed by atoms with Gasteiger partial charge in [-0.25, -0.2) is 16.4 Å². The summed E-state index contributed by atoms with van der Waals surface area (Å²) in [4.78, 5) is 0. The molecular weight excluding hydrogens is 152 g/mol. The number of hydrogen-bond donors (Lipinski definition) is 0. The Morgan fingerprint density at radius 1 is 0.625 bits per heavy atom. The normalized spacial score (nSPS) is 7.50. The molecule has 0 aromatic heterocycles. The van der Waals surface area contributed by atoms with Crippen LogP contribution in [-0.2, 0) is 0 Å². The first-order valence-electron chi connectivity index (χ1n) is 0.756. The standard InChI is InChI=1S/F4Si.3H2O/c1-5(2,3)4;;;/h;3*1H2. The van der Waals surface area contributed by atoms with Crippen LogP contribution in [0.25, 0.3) is 0 Å². The molecule has 8 heavy (non-hydrogen) atoms. The summed E-state index contributed by atoms with van der Waals surface area (Å²) in [5.74, 6) is 0. The fraction of sp³-hybridized carbons (Fsp3) is 0. The second kappa shape index (κ2) is 6.82. The largest absolute Gasteiger partial charge is 0.844 e. The van der Waals surface area contributed by atoms with Crippen molar-refractivity contribution in [3.8, 4) is 0 Å². The monoisotopic (exact) mass is 158 g/mol. The van der Waals surface area contributed by atoms with E-state index < -0.39 is 9.41 Å². The van der Waals surface area contributed by atoms with Crippen molar-refractivity contribution in [3.63, 3.8) is 0 Å². The molecule has 0 saturated heterocycles. The number of rotatable bonds is 0. The van der Waals surface area contributed by atoms with Gasteiger partial charge < -0.3 is 16.4 Å². The average Bonchev–Trinajstić information content (AvgIpc) is 0.722. The molecule has 0 saturated carbocycles. The Labute approximate surface area is 43.6 Å². The minimum Gasteiger partial charge on any atom is -0.412 e. The molecule has 0 aliphatic heterocycles. The molecule has 0 unspecified atom stereocenters. The van der Waals surface area contributed by atoms with Gasteiger partial charge in [0, 0.05) is 0 Å². The highest BCUT2D eigenvalue weighted by Gasteiger charge is 2.39. The highest BCUT2D eigenvalue weighted by Crippen LogP contribution is 2.06. The van der Waals surface area contributed by atoms with Crippen molar-refractivity contribution in [2.24, 2.45) is 0 Å². The lowest BCUT2D eigenvalue weighted by Crippen LogP contribution is -2.02. The van der Waals surface area contributed by atoms with Gasteiger partial charge in [0.25, 0.3) is 0 Å². The van der Waals surface area contributed by atoms with Crippen LogP contribution in [0.1, 0.15) is 0 Å². The molecule has 6 N–H and O–H groups in total. The summed E-state index contributed by atoms with van der Waals surface area (Å²) in [5.41, 5.74) is 0. The van der Waals surface area contributed by atoms with Gasteiger partial charge >= 0.3 is 9.41 Å². The first kappa shape index (κ1) is 24.9. The van der Waals surface area contributed by atoms with Crippen LogP contribution >= 0.6 is 0 Å². The third kappa shape index (κ3) is 4020. The van der Waals surface area contributed by atoms with Crippen LogP contribution in [-0.4, -0.2) is 25.8 Å². The zero-order valence-corrected chi connectivity index (χ0v) is 4.51. The molecule has 0 rings (SSSR count). The quantitative estimate of drug-likeness (QED) is 0.241. The van der Waals surface area contributed by atoms with Crippen LogP contribution in [0.5, 0.6) is 0 Å². The van der Waals surface area contributed by atoms with Gasteiger partial charge in [0.2, 0.25) is 0 Å². The summed E-state index contributed by atoms with van der Waals surface area (Å²) in [5, 5.41) is 0. The van der Waals surface area contributed by atoms with E-state index in [-0.39, 0.29) is 16.4 Å². The first-order valence-corrected chi connectivity index (χ1v) is 2.27. The van der Waals surface area contributed by atoms with E-state index in [1.807, 2.05) is 0 Å². The molecule has 0 amide bonds. The summed E-state index contributed by atoms with van der Waals surface area (Å²) < 4.78 is 39.3. The van der Waals surface area contributed by atoms with Crippen molar-refractivity contribution in [3.05, 3.63) is 0 Å². The lowest BCUT2D eigenvalue weighted by Gasteiger charge is -1.75. The lowest BCUT2D eigenvalue weighted by atomic mass is 16.0. The summed E-state index contributed by atoms with van der Waals surface area (Å²) in [6.07, 6.45) is 0. The molecule has 0 heterocycles. The molecule has 0 radical (unpaired) electrons. The van der Waals surface area contributed by atoms with Gasteiger partial charge in [-0.3, -0.25) is 0 Å². The van der Waals surface area contributed by atoms with E-state index in [9.17, 15) is 16.4 Å². The van der Waals surface area contributed by atoms with E-state index in [1.165, 1.54) is 0 Å². The molecule has 0 aliphatic rings. The minimum absolute atomic E-state index is 0. The Morgan fingerprint density at radius 2 is 0.625 bits per heavy atom. The third-order valence-corrected chi connectivity index (χ3v) is 0. The van der Waals surface area contributed by atoms with Gasteiger partial charge in [-0.15, -0.1) is 0 Å². The SMILES string of the molecule is F[Si](F)(F)F.O.O.O. The Balaban J connectivity index is -0.0000000267. The van der Waals surface area contributed by atoms with Crippen LogP contribution < -0.4 is 0 Å². The Kier molecular flexibility index (Phi) is 21.2. The van der Waals surface area contributed by atoms with E-state index in [2.05, 4.69) is 0 Å². The van der Waals surface area contributed by atoms with E-state index in [0.717, 1.165) is 0 Å². The molecule has 0 aliphatic carbocycles. The molecular formula is H6F4O3Si. The highest BCUT2D eigenvalue weighted by molar-refractivity contribution is 6.50. The van der Waals surface area contributed by atoms with Gasteiger partial charge in [0.05, 0.1) is 0 Å². The second-order valence-corrected chi connectivity index (χ2v) is 1.29. The average molecular weight is 158 g/mol. The molecule has 0 aromatic carbocycles. The Bertz CT molecular complexity index is 26.8. The van der Waals surface area contributed by atoms with E-state index in [4.69, 9.17) is 0 Å². The number of hydrogen-bond acceptors (Lipinski definition) is 0. The molecule has 0 spiro atoms. The van der Waals surface area contributed by atoms with Crippen LogP contribution in [0.2, 0.25) is 0 Å². The van der Waals surface area contributed by atoms with Crippen molar-refractivity contribution in [2.75, 3.05) is 0 Å². The minimum atomic E-state index is -6.61. The van der Waals surface area contributed by atoms with Crippen LogP contribution in [0, 0.1) is 0 Å². The smallest absolute Gasteiger partial charge is 0.412 e. The molecule has 0 atom stereocenters.